The predicted molar refractivity (Wildman–Crippen MR) is 257 cm³/mol. The first kappa shape index (κ1) is 33.1. The van der Waals surface area contributed by atoms with Gasteiger partial charge in [0, 0.05) is 74.2 Å². The maximum Gasteiger partial charge on any atom is 0.252 e. The monoisotopic (exact) mass is 784 g/mol. The zero-order chi connectivity index (χ0) is 38.6. The molecule has 11 aromatic rings. The Balaban J connectivity index is 1.12. The van der Waals surface area contributed by atoms with E-state index in [0.29, 0.717) is 0 Å². The Bertz CT molecular complexity index is 3250. The summed E-state index contributed by atoms with van der Waals surface area (Å²) in [5.74, 6) is 0. The predicted octanol–water partition coefficient (Wildman–Crippen LogP) is 13.8. The van der Waals surface area contributed by atoms with Gasteiger partial charge in [-0.25, -0.2) is 0 Å². The van der Waals surface area contributed by atoms with Gasteiger partial charge in [0.25, 0.3) is 6.71 Å². The van der Waals surface area contributed by atoms with E-state index in [2.05, 4.69) is 210 Å². The minimum absolute atomic E-state index is 0.0579. The van der Waals surface area contributed by atoms with Crippen LogP contribution in [-0.2, 0) is 0 Å². The van der Waals surface area contributed by atoms with Crippen molar-refractivity contribution >= 4 is 120 Å². The Morgan fingerprint density at radius 2 is 0.712 bits per heavy atom. The van der Waals surface area contributed by atoms with E-state index < -0.39 is 0 Å². The standard InChI is InChI=1S/C54H33BN2S2/c1-3-16-34(17-4-1)50-44(32-30-38-36-20-7-13-28-48(36)58-53(38)50)56-42-24-11-9-22-40(42)55-41-23-10-12-25-43(41)57(47-27-15-26-46(56)52(47)55)45-33-31-39-37-21-8-14-29-49(37)59-54(39)51(45)35-18-5-2-6-19-35/h1-33H. The molecule has 0 spiro atoms. The number of rotatable bonds is 4. The number of thiophene rings is 2. The van der Waals surface area contributed by atoms with E-state index in [1.54, 1.807) is 0 Å². The van der Waals surface area contributed by atoms with Crippen molar-refractivity contribution in [2.45, 2.75) is 0 Å². The number of hydrogen-bond donors (Lipinski definition) is 0. The zero-order valence-corrected chi connectivity index (χ0v) is 33.5. The van der Waals surface area contributed by atoms with Gasteiger partial charge in [0.1, 0.15) is 0 Å². The number of anilines is 6. The normalized spacial score (nSPS) is 13.0. The molecule has 4 heterocycles. The average molecular weight is 785 g/mol. The van der Waals surface area contributed by atoms with Crippen LogP contribution in [0.3, 0.4) is 0 Å². The lowest BCUT2D eigenvalue weighted by atomic mass is 9.33. The molecule has 2 aliphatic rings. The number of hydrogen-bond acceptors (Lipinski definition) is 4. The summed E-state index contributed by atoms with van der Waals surface area (Å²) in [6, 6.07) is 74.3. The van der Waals surface area contributed by atoms with Gasteiger partial charge >= 0.3 is 0 Å². The van der Waals surface area contributed by atoms with E-state index in [9.17, 15) is 0 Å². The maximum absolute atomic E-state index is 2.57. The van der Waals surface area contributed by atoms with Crippen LogP contribution in [0.25, 0.3) is 62.6 Å². The summed E-state index contributed by atoms with van der Waals surface area (Å²) in [7, 11) is 0. The summed E-state index contributed by atoms with van der Waals surface area (Å²) >= 11 is 3.80. The molecule has 0 saturated carbocycles. The number of nitrogens with zero attached hydrogens (tertiary/aromatic N) is 2. The zero-order valence-electron chi connectivity index (χ0n) is 31.8. The second kappa shape index (κ2) is 12.8. The highest BCUT2D eigenvalue weighted by Crippen LogP contribution is 2.52. The summed E-state index contributed by atoms with van der Waals surface area (Å²) in [4.78, 5) is 5.13. The van der Waals surface area contributed by atoms with Gasteiger partial charge in [-0.3, -0.25) is 0 Å². The van der Waals surface area contributed by atoms with Gasteiger partial charge in [-0.05, 0) is 76.0 Å². The topological polar surface area (TPSA) is 6.48 Å². The van der Waals surface area contributed by atoms with Gasteiger partial charge < -0.3 is 9.80 Å². The van der Waals surface area contributed by atoms with Crippen LogP contribution in [0.2, 0.25) is 0 Å². The molecule has 5 heteroatoms. The van der Waals surface area contributed by atoms with Crippen LogP contribution in [-0.4, -0.2) is 6.71 Å². The quantitative estimate of drug-likeness (QED) is 0.164. The minimum atomic E-state index is 0.0579. The Morgan fingerprint density at radius 1 is 0.305 bits per heavy atom. The summed E-state index contributed by atoms with van der Waals surface area (Å²) in [5, 5.41) is 5.22. The molecule has 274 valence electrons. The third-order valence-electron chi connectivity index (χ3n) is 12.5. The lowest BCUT2D eigenvalue weighted by Gasteiger charge is -2.44. The molecule has 0 saturated heterocycles. The molecule has 9 aromatic carbocycles. The van der Waals surface area contributed by atoms with Crippen molar-refractivity contribution in [1.82, 2.24) is 0 Å². The SMILES string of the molecule is c1ccc(-c2c(N3c4ccccc4B4c5ccccc5N(c5ccc6c(sc7ccccc76)c5-c5ccccc5)c5cccc3c54)ccc3c2sc2ccccc23)cc1. The number of fused-ring (bicyclic) bond motifs is 10. The first-order valence-electron chi connectivity index (χ1n) is 20.2. The van der Waals surface area contributed by atoms with Crippen LogP contribution >= 0.6 is 22.7 Å². The molecule has 2 aromatic heterocycles. The highest BCUT2D eigenvalue weighted by Gasteiger charge is 2.43. The van der Waals surface area contributed by atoms with E-state index >= 15 is 0 Å². The molecule has 0 bridgehead atoms. The van der Waals surface area contributed by atoms with Crippen molar-refractivity contribution in [1.29, 1.82) is 0 Å². The third-order valence-corrected chi connectivity index (χ3v) is 14.9. The fraction of sp³-hybridized carbons (Fsp3) is 0. The van der Waals surface area contributed by atoms with E-state index in [4.69, 9.17) is 0 Å². The molecule has 0 N–H and O–H groups in total. The largest absolute Gasteiger partial charge is 0.311 e. The first-order chi connectivity index (χ1) is 29.3. The molecule has 0 radical (unpaired) electrons. The molecular weight excluding hydrogens is 752 g/mol. The van der Waals surface area contributed by atoms with E-state index in [1.165, 1.54) is 113 Å². The molecule has 0 amide bonds. The molecule has 0 fully saturated rings. The molecule has 2 aliphatic heterocycles. The second-order valence-corrected chi connectivity index (χ2v) is 17.6. The third kappa shape index (κ3) is 4.74. The summed E-state index contributed by atoms with van der Waals surface area (Å²) < 4.78 is 5.25. The van der Waals surface area contributed by atoms with Gasteiger partial charge in [-0.2, -0.15) is 0 Å². The highest BCUT2D eigenvalue weighted by molar-refractivity contribution is 7.26. The van der Waals surface area contributed by atoms with Crippen LogP contribution < -0.4 is 26.2 Å². The first-order valence-corrected chi connectivity index (χ1v) is 21.9. The Labute approximate surface area is 350 Å². The lowest BCUT2D eigenvalue weighted by Crippen LogP contribution is -2.61. The molecule has 59 heavy (non-hydrogen) atoms. The molecule has 0 aliphatic carbocycles. The Morgan fingerprint density at radius 3 is 1.20 bits per heavy atom. The summed E-state index contributed by atoms with van der Waals surface area (Å²) in [5.41, 5.74) is 16.2. The fourth-order valence-corrected chi connectivity index (χ4v) is 12.6. The molecular formula is C54H33BN2S2. The van der Waals surface area contributed by atoms with Gasteiger partial charge in [-0.15, -0.1) is 22.7 Å². The van der Waals surface area contributed by atoms with Gasteiger partial charge in [-0.1, -0.05) is 152 Å². The molecule has 2 nitrogen and oxygen atoms in total. The second-order valence-electron chi connectivity index (χ2n) is 15.5. The molecule has 0 atom stereocenters. The molecule has 0 unspecified atom stereocenters. The van der Waals surface area contributed by atoms with Crippen molar-refractivity contribution in [3.05, 3.63) is 200 Å². The number of benzene rings is 9. The smallest absolute Gasteiger partial charge is 0.252 e. The minimum Gasteiger partial charge on any atom is -0.311 e. The number of para-hydroxylation sites is 2. The molecule has 13 rings (SSSR count). The average Bonchev–Trinajstić information content (AvgIpc) is 3.87. The van der Waals surface area contributed by atoms with Crippen LogP contribution in [0.1, 0.15) is 0 Å². The van der Waals surface area contributed by atoms with E-state index in [1.807, 2.05) is 22.7 Å². The lowest BCUT2D eigenvalue weighted by molar-refractivity contribution is 1.26. The maximum atomic E-state index is 2.57. The van der Waals surface area contributed by atoms with Gasteiger partial charge in [0.15, 0.2) is 0 Å². The Hall–Kier alpha value is -6.92. The summed E-state index contributed by atoms with van der Waals surface area (Å²) in [6.45, 7) is 0.0579. The van der Waals surface area contributed by atoms with Crippen molar-refractivity contribution in [2.75, 3.05) is 9.80 Å². The fourth-order valence-electron chi connectivity index (χ4n) is 10.1. The van der Waals surface area contributed by atoms with Crippen LogP contribution in [0.5, 0.6) is 0 Å². The van der Waals surface area contributed by atoms with Crippen molar-refractivity contribution in [3.8, 4) is 22.3 Å². The van der Waals surface area contributed by atoms with Crippen molar-refractivity contribution in [2.24, 2.45) is 0 Å². The highest BCUT2D eigenvalue weighted by atomic mass is 32.1. The van der Waals surface area contributed by atoms with Gasteiger partial charge in [0.05, 0.1) is 11.4 Å². The van der Waals surface area contributed by atoms with Crippen LogP contribution in [0, 0.1) is 0 Å². The van der Waals surface area contributed by atoms with E-state index in [-0.39, 0.29) is 6.71 Å². The van der Waals surface area contributed by atoms with Gasteiger partial charge in [0.2, 0.25) is 0 Å². The van der Waals surface area contributed by atoms with Crippen molar-refractivity contribution < 1.29 is 0 Å². The van der Waals surface area contributed by atoms with E-state index in [0.717, 1.165) is 0 Å². The van der Waals surface area contributed by atoms with Crippen molar-refractivity contribution in [3.63, 3.8) is 0 Å². The van der Waals surface area contributed by atoms with Crippen LogP contribution in [0.15, 0.2) is 200 Å². The Kier molecular flexibility index (Phi) is 7.18. The van der Waals surface area contributed by atoms with Crippen LogP contribution in [0.4, 0.5) is 34.1 Å². The summed E-state index contributed by atoms with van der Waals surface area (Å²) in [6.07, 6.45) is 0.